The summed E-state index contributed by atoms with van der Waals surface area (Å²) in [7, 11) is 0. The summed E-state index contributed by atoms with van der Waals surface area (Å²) >= 11 is 0. The van der Waals surface area contributed by atoms with E-state index in [0.717, 1.165) is 23.6 Å². The van der Waals surface area contributed by atoms with Gasteiger partial charge in [0.2, 0.25) is 0 Å². The van der Waals surface area contributed by atoms with Gasteiger partial charge in [0.15, 0.2) is 0 Å². The van der Waals surface area contributed by atoms with E-state index in [1.165, 1.54) is 0 Å². The fourth-order valence-electron chi connectivity index (χ4n) is 2.10. The van der Waals surface area contributed by atoms with Crippen molar-refractivity contribution in [1.29, 1.82) is 0 Å². The maximum Gasteiger partial charge on any atom is 0.140 e. The predicted molar refractivity (Wildman–Crippen MR) is 71.5 cm³/mol. The summed E-state index contributed by atoms with van der Waals surface area (Å²) in [6, 6.07) is 0. The lowest BCUT2D eigenvalue weighted by Crippen LogP contribution is -2.22. The van der Waals surface area contributed by atoms with Crippen molar-refractivity contribution >= 4 is 5.78 Å². The monoisotopic (exact) mass is 252 g/mol. The molecule has 2 atom stereocenters. The Morgan fingerprint density at radius 1 is 1.39 bits per heavy atom. The summed E-state index contributed by atoms with van der Waals surface area (Å²) in [5, 5.41) is 9.26. The van der Waals surface area contributed by atoms with Crippen LogP contribution in [0.1, 0.15) is 44.4 Å². The summed E-state index contributed by atoms with van der Waals surface area (Å²) in [5.74, 6) is 1.05. The zero-order valence-electron chi connectivity index (χ0n) is 12.0. The van der Waals surface area contributed by atoms with Gasteiger partial charge in [0, 0.05) is 31.0 Å². The van der Waals surface area contributed by atoms with Crippen LogP contribution in [-0.2, 0) is 17.8 Å². The lowest BCUT2D eigenvalue weighted by molar-refractivity contribution is -0.124. The number of ketones is 1. The van der Waals surface area contributed by atoms with Crippen molar-refractivity contribution in [2.24, 2.45) is 5.92 Å². The Morgan fingerprint density at radius 2 is 2.00 bits per heavy atom. The fraction of sp³-hybridized carbons (Fsp3) is 0.714. The average Bonchev–Trinajstić information content (AvgIpc) is 2.55. The lowest BCUT2D eigenvalue weighted by atomic mass is 10.0. The number of nitrogens with zero attached hydrogens (tertiary/aromatic N) is 2. The highest BCUT2D eigenvalue weighted by Gasteiger charge is 2.18. The second-order valence-corrected chi connectivity index (χ2v) is 5.08. The Balaban J connectivity index is 2.81. The third kappa shape index (κ3) is 3.42. The zero-order valence-corrected chi connectivity index (χ0v) is 12.0. The maximum absolute atomic E-state index is 11.9. The molecule has 1 rings (SSSR count). The van der Waals surface area contributed by atoms with Gasteiger partial charge in [-0.1, -0.05) is 13.8 Å². The Labute approximate surface area is 109 Å². The van der Waals surface area contributed by atoms with Gasteiger partial charge < -0.3 is 9.67 Å². The van der Waals surface area contributed by atoms with Crippen LogP contribution in [0, 0.1) is 19.8 Å². The molecule has 0 aliphatic rings. The van der Waals surface area contributed by atoms with Crippen LogP contribution >= 0.6 is 0 Å². The molecule has 0 aromatic carbocycles. The minimum absolute atomic E-state index is 0.0859. The molecule has 18 heavy (non-hydrogen) atoms. The molecule has 0 bridgehead atoms. The van der Waals surface area contributed by atoms with E-state index in [1.807, 2.05) is 20.8 Å². The summed E-state index contributed by atoms with van der Waals surface area (Å²) in [6.45, 7) is 10.3. The fourth-order valence-corrected chi connectivity index (χ4v) is 2.10. The summed E-state index contributed by atoms with van der Waals surface area (Å²) in [6.07, 6.45) is 0.539. The van der Waals surface area contributed by atoms with Crippen molar-refractivity contribution in [3.63, 3.8) is 0 Å². The molecule has 0 saturated heterocycles. The van der Waals surface area contributed by atoms with E-state index in [-0.39, 0.29) is 18.1 Å². The first-order valence-corrected chi connectivity index (χ1v) is 6.60. The zero-order chi connectivity index (χ0) is 13.9. The minimum atomic E-state index is -0.559. The van der Waals surface area contributed by atoms with Gasteiger partial charge in [-0.05, 0) is 20.8 Å². The number of carbonyl (C=O) groups excluding carboxylic acids is 1. The first kappa shape index (κ1) is 14.9. The van der Waals surface area contributed by atoms with Gasteiger partial charge in [-0.3, -0.25) is 4.79 Å². The number of aliphatic hydroxyl groups is 1. The van der Waals surface area contributed by atoms with Gasteiger partial charge >= 0.3 is 0 Å². The molecule has 1 N–H and O–H groups in total. The van der Waals surface area contributed by atoms with Crippen molar-refractivity contribution in [2.75, 3.05) is 0 Å². The van der Waals surface area contributed by atoms with Crippen LogP contribution in [0.2, 0.25) is 0 Å². The van der Waals surface area contributed by atoms with Gasteiger partial charge in [-0.2, -0.15) is 0 Å². The first-order valence-electron chi connectivity index (χ1n) is 6.60. The van der Waals surface area contributed by atoms with Crippen LogP contribution in [0.25, 0.3) is 0 Å². The largest absolute Gasteiger partial charge is 0.393 e. The number of aromatic nitrogens is 2. The van der Waals surface area contributed by atoms with E-state index < -0.39 is 6.10 Å². The number of Topliss-reactive ketones (excluding diaryl/α,β-unsaturated/α-hetero) is 1. The van der Waals surface area contributed by atoms with Crippen LogP contribution in [0.4, 0.5) is 0 Å². The number of hydrogen-bond acceptors (Lipinski definition) is 3. The number of aliphatic hydroxyl groups excluding tert-OH is 1. The molecule has 0 aliphatic heterocycles. The highest BCUT2D eigenvalue weighted by molar-refractivity contribution is 5.81. The number of imidazole rings is 1. The molecule has 0 saturated carbocycles. The van der Waals surface area contributed by atoms with Crippen molar-refractivity contribution in [2.45, 2.75) is 60.1 Å². The second-order valence-electron chi connectivity index (χ2n) is 5.08. The maximum atomic E-state index is 11.9. The number of carbonyl (C=O) groups is 1. The van der Waals surface area contributed by atoms with Crippen molar-refractivity contribution < 1.29 is 9.90 Å². The molecule has 0 fully saturated rings. The number of rotatable bonds is 6. The topological polar surface area (TPSA) is 55.1 Å². The molecule has 0 amide bonds. The van der Waals surface area contributed by atoms with E-state index in [1.54, 1.807) is 6.92 Å². The molecule has 0 spiro atoms. The molecular weight excluding hydrogens is 228 g/mol. The standard InChI is InChI=1S/C14H24N2O2/c1-6-14-15-11(4)12(5)16(14)8-9(2)13(18)7-10(3)17/h9-10,17H,6-8H2,1-5H3. The van der Waals surface area contributed by atoms with Gasteiger partial charge in [0.25, 0.3) is 0 Å². The Morgan fingerprint density at radius 3 is 2.50 bits per heavy atom. The van der Waals surface area contributed by atoms with Gasteiger partial charge in [-0.25, -0.2) is 4.98 Å². The van der Waals surface area contributed by atoms with E-state index in [0.29, 0.717) is 6.54 Å². The van der Waals surface area contributed by atoms with Crippen LogP contribution in [0.3, 0.4) is 0 Å². The predicted octanol–water partition coefficient (Wildman–Crippen LogP) is 2.04. The van der Waals surface area contributed by atoms with Crippen LogP contribution in [0.15, 0.2) is 0 Å². The number of hydrogen-bond donors (Lipinski definition) is 1. The van der Waals surface area contributed by atoms with Crippen LogP contribution in [0.5, 0.6) is 0 Å². The van der Waals surface area contributed by atoms with Crippen molar-refractivity contribution in [3.05, 3.63) is 17.2 Å². The smallest absolute Gasteiger partial charge is 0.140 e. The normalized spacial score (nSPS) is 14.6. The highest BCUT2D eigenvalue weighted by atomic mass is 16.3. The highest BCUT2D eigenvalue weighted by Crippen LogP contribution is 2.15. The molecule has 2 unspecified atom stereocenters. The molecule has 102 valence electrons. The molecule has 1 aromatic heterocycles. The molecule has 0 aliphatic carbocycles. The minimum Gasteiger partial charge on any atom is -0.393 e. The van der Waals surface area contributed by atoms with Gasteiger partial charge in [-0.15, -0.1) is 0 Å². The first-order chi connectivity index (χ1) is 8.36. The van der Waals surface area contributed by atoms with Crippen molar-refractivity contribution in [3.8, 4) is 0 Å². The third-order valence-electron chi connectivity index (χ3n) is 3.36. The van der Waals surface area contributed by atoms with E-state index in [2.05, 4.69) is 16.5 Å². The van der Waals surface area contributed by atoms with Crippen molar-refractivity contribution in [1.82, 2.24) is 9.55 Å². The molecule has 1 aromatic rings. The SMILES string of the molecule is CCc1nc(C)c(C)n1CC(C)C(=O)CC(C)O. The second kappa shape index (κ2) is 6.14. The lowest BCUT2D eigenvalue weighted by Gasteiger charge is -2.15. The molecule has 0 radical (unpaired) electrons. The quantitative estimate of drug-likeness (QED) is 0.843. The summed E-state index contributed by atoms with van der Waals surface area (Å²) in [4.78, 5) is 16.4. The van der Waals surface area contributed by atoms with E-state index in [9.17, 15) is 9.90 Å². The van der Waals surface area contributed by atoms with E-state index >= 15 is 0 Å². The average molecular weight is 252 g/mol. The summed E-state index contributed by atoms with van der Waals surface area (Å²) in [5.41, 5.74) is 2.16. The molecule has 4 nitrogen and oxygen atoms in total. The Kier molecular flexibility index (Phi) is 5.08. The molecule has 4 heteroatoms. The Hall–Kier alpha value is -1.16. The van der Waals surface area contributed by atoms with E-state index in [4.69, 9.17) is 0 Å². The molecule has 1 heterocycles. The molecular formula is C14H24N2O2. The van der Waals surface area contributed by atoms with Crippen LogP contribution in [-0.4, -0.2) is 26.5 Å². The van der Waals surface area contributed by atoms with Gasteiger partial charge in [0.05, 0.1) is 11.8 Å². The summed E-state index contributed by atoms with van der Waals surface area (Å²) < 4.78 is 2.12. The third-order valence-corrected chi connectivity index (χ3v) is 3.36. The Bertz CT molecular complexity index is 422. The van der Waals surface area contributed by atoms with Gasteiger partial charge in [0.1, 0.15) is 11.6 Å². The van der Waals surface area contributed by atoms with Crippen LogP contribution < -0.4 is 0 Å². The number of aryl methyl sites for hydroxylation is 2.